The molecule has 1 N–H and O–H groups in total. The molecule has 3 aliphatic rings. The van der Waals surface area contributed by atoms with Crippen molar-refractivity contribution in [1.29, 1.82) is 0 Å². The Bertz CT molecular complexity index is 221. The van der Waals surface area contributed by atoms with E-state index in [9.17, 15) is 0 Å². The van der Waals surface area contributed by atoms with Gasteiger partial charge < -0.3 is 5.32 Å². The molecule has 2 aliphatic heterocycles. The number of rotatable bonds is 2. The molecule has 1 saturated carbocycles. The van der Waals surface area contributed by atoms with Gasteiger partial charge in [0.2, 0.25) is 0 Å². The first-order valence-electron chi connectivity index (χ1n) is 6.86. The number of piperazine rings is 1. The van der Waals surface area contributed by atoms with Crippen LogP contribution in [0.3, 0.4) is 0 Å². The Morgan fingerprint density at radius 3 is 2.47 bits per heavy atom. The van der Waals surface area contributed by atoms with Gasteiger partial charge in [-0.1, -0.05) is 13.3 Å². The summed E-state index contributed by atoms with van der Waals surface area (Å²) in [4.78, 5) is 2.83. The molecule has 3 fully saturated rings. The van der Waals surface area contributed by atoms with Gasteiger partial charge in [0.1, 0.15) is 0 Å². The molecule has 2 nitrogen and oxygen atoms in total. The monoisotopic (exact) mass is 208 g/mol. The summed E-state index contributed by atoms with van der Waals surface area (Å²) in [5.74, 6) is 1.04. The highest BCUT2D eigenvalue weighted by molar-refractivity contribution is 5.00. The van der Waals surface area contributed by atoms with Gasteiger partial charge in [0.05, 0.1) is 0 Å². The Hall–Kier alpha value is -0.0800. The molecule has 2 bridgehead atoms. The minimum absolute atomic E-state index is 0.832. The fraction of sp³-hybridized carbons (Fsp3) is 1.00. The van der Waals surface area contributed by atoms with E-state index in [0.717, 1.165) is 24.0 Å². The van der Waals surface area contributed by atoms with Gasteiger partial charge in [-0.3, -0.25) is 4.90 Å². The smallest absolute Gasteiger partial charge is 0.0239 e. The molecule has 1 aliphatic carbocycles. The van der Waals surface area contributed by atoms with Gasteiger partial charge >= 0.3 is 0 Å². The summed E-state index contributed by atoms with van der Waals surface area (Å²) in [7, 11) is 0. The number of nitrogens with one attached hydrogen (secondary N) is 1. The van der Waals surface area contributed by atoms with E-state index in [0.29, 0.717) is 0 Å². The quantitative estimate of drug-likeness (QED) is 0.746. The van der Waals surface area contributed by atoms with Crippen molar-refractivity contribution >= 4 is 0 Å². The second-order valence-electron chi connectivity index (χ2n) is 5.77. The molecule has 2 atom stereocenters. The summed E-state index contributed by atoms with van der Waals surface area (Å²) >= 11 is 0. The first kappa shape index (κ1) is 10.1. The zero-order valence-electron chi connectivity index (χ0n) is 9.91. The van der Waals surface area contributed by atoms with Crippen molar-refractivity contribution in [1.82, 2.24) is 10.2 Å². The molecule has 2 unspecified atom stereocenters. The number of likely N-dealkylation sites (tertiary alicyclic amines) is 1. The lowest BCUT2D eigenvalue weighted by Gasteiger charge is -2.39. The maximum atomic E-state index is 3.60. The van der Waals surface area contributed by atoms with Crippen LogP contribution in [-0.4, -0.2) is 36.1 Å². The lowest BCUT2D eigenvalue weighted by atomic mass is 9.83. The lowest BCUT2D eigenvalue weighted by molar-refractivity contribution is 0.110. The molecular formula is C13H24N2. The molecular weight excluding hydrogens is 184 g/mol. The average molecular weight is 208 g/mol. The van der Waals surface area contributed by atoms with Crippen LogP contribution in [0.1, 0.15) is 45.4 Å². The van der Waals surface area contributed by atoms with Gasteiger partial charge in [0.15, 0.2) is 0 Å². The molecule has 86 valence electrons. The Labute approximate surface area is 93.4 Å². The van der Waals surface area contributed by atoms with Crippen LogP contribution >= 0.6 is 0 Å². The third-order valence-electron chi connectivity index (χ3n) is 4.96. The molecule has 2 saturated heterocycles. The predicted molar refractivity (Wildman–Crippen MR) is 62.9 cm³/mol. The molecule has 2 heterocycles. The minimum Gasteiger partial charge on any atom is -0.311 e. The topological polar surface area (TPSA) is 15.3 Å². The second kappa shape index (κ2) is 4.06. The van der Waals surface area contributed by atoms with Crippen molar-refractivity contribution in [3.8, 4) is 0 Å². The number of hydrogen-bond donors (Lipinski definition) is 1. The standard InChI is InChI=1S/C13H24N2/c1-2-10-3-5-12(6-4-10)15-9-11-7-13(15)8-14-11/h10-14H,2-9H2,1H3. The lowest BCUT2D eigenvalue weighted by Crippen LogP contribution is -2.49. The minimum atomic E-state index is 0.832. The van der Waals surface area contributed by atoms with Gasteiger partial charge in [-0.05, 0) is 38.0 Å². The fourth-order valence-electron chi connectivity index (χ4n) is 3.93. The fourth-order valence-corrected chi connectivity index (χ4v) is 3.93. The zero-order chi connectivity index (χ0) is 10.3. The van der Waals surface area contributed by atoms with Crippen molar-refractivity contribution in [2.75, 3.05) is 13.1 Å². The van der Waals surface area contributed by atoms with E-state index in [-0.39, 0.29) is 0 Å². The van der Waals surface area contributed by atoms with E-state index in [4.69, 9.17) is 0 Å². The molecule has 0 amide bonds. The summed E-state index contributed by atoms with van der Waals surface area (Å²) in [6, 6.07) is 2.65. The highest BCUT2D eigenvalue weighted by atomic mass is 15.3. The van der Waals surface area contributed by atoms with Crippen molar-refractivity contribution in [3.05, 3.63) is 0 Å². The van der Waals surface area contributed by atoms with Crippen molar-refractivity contribution in [2.45, 2.75) is 63.6 Å². The largest absolute Gasteiger partial charge is 0.311 e. The molecule has 2 heteroatoms. The molecule has 0 aromatic heterocycles. The van der Waals surface area contributed by atoms with E-state index in [1.165, 1.54) is 51.6 Å². The number of hydrogen-bond acceptors (Lipinski definition) is 2. The van der Waals surface area contributed by atoms with E-state index < -0.39 is 0 Å². The van der Waals surface area contributed by atoms with Crippen molar-refractivity contribution in [2.24, 2.45) is 5.92 Å². The van der Waals surface area contributed by atoms with Crippen LogP contribution in [0.5, 0.6) is 0 Å². The highest BCUT2D eigenvalue weighted by Crippen LogP contribution is 2.34. The number of nitrogens with zero attached hydrogens (tertiary/aromatic N) is 1. The van der Waals surface area contributed by atoms with E-state index in [2.05, 4.69) is 17.1 Å². The van der Waals surface area contributed by atoms with Crippen LogP contribution in [0, 0.1) is 5.92 Å². The van der Waals surface area contributed by atoms with Crippen molar-refractivity contribution < 1.29 is 0 Å². The van der Waals surface area contributed by atoms with Gasteiger partial charge in [-0.2, -0.15) is 0 Å². The van der Waals surface area contributed by atoms with Crippen LogP contribution < -0.4 is 5.32 Å². The van der Waals surface area contributed by atoms with Gasteiger partial charge in [0.25, 0.3) is 0 Å². The van der Waals surface area contributed by atoms with Crippen LogP contribution in [0.4, 0.5) is 0 Å². The third kappa shape index (κ3) is 1.83. The van der Waals surface area contributed by atoms with Gasteiger partial charge in [-0.25, -0.2) is 0 Å². The highest BCUT2D eigenvalue weighted by Gasteiger charge is 2.41. The Balaban J connectivity index is 1.56. The Kier molecular flexibility index (Phi) is 2.73. The summed E-state index contributed by atoms with van der Waals surface area (Å²) < 4.78 is 0. The third-order valence-corrected chi connectivity index (χ3v) is 4.96. The predicted octanol–water partition coefficient (Wildman–Crippen LogP) is 2.00. The normalized spacial score (nSPS) is 46.2. The van der Waals surface area contributed by atoms with Crippen LogP contribution in [-0.2, 0) is 0 Å². The first-order chi connectivity index (χ1) is 7.36. The van der Waals surface area contributed by atoms with E-state index in [1.807, 2.05) is 0 Å². The maximum Gasteiger partial charge on any atom is 0.0239 e. The molecule has 0 spiro atoms. The van der Waals surface area contributed by atoms with Gasteiger partial charge in [0, 0.05) is 31.2 Å². The van der Waals surface area contributed by atoms with Crippen LogP contribution in [0.25, 0.3) is 0 Å². The Morgan fingerprint density at radius 2 is 1.93 bits per heavy atom. The summed E-state index contributed by atoms with van der Waals surface area (Å²) in [5.41, 5.74) is 0. The summed E-state index contributed by atoms with van der Waals surface area (Å²) in [6.45, 7) is 4.96. The summed E-state index contributed by atoms with van der Waals surface area (Å²) in [6.07, 6.45) is 8.75. The SMILES string of the molecule is CCC1CCC(N2CC3CC2CN3)CC1. The molecule has 15 heavy (non-hydrogen) atoms. The zero-order valence-corrected chi connectivity index (χ0v) is 9.91. The summed E-state index contributed by atoms with van der Waals surface area (Å²) in [5, 5.41) is 3.60. The molecule has 0 radical (unpaired) electrons. The molecule has 3 rings (SSSR count). The second-order valence-corrected chi connectivity index (χ2v) is 5.77. The first-order valence-corrected chi connectivity index (χ1v) is 6.86. The average Bonchev–Trinajstić information content (AvgIpc) is 2.91. The van der Waals surface area contributed by atoms with Crippen LogP contribution in [0.15, 0.2) is 0 Å². The maximum absolute atomic E-state index is 3.60. The van der Waals surface area contributed by atoms with Crippen molar-refractivity contribution in [3.63, 3.8) is 0 Å². The van der Waals surface area contributed by atoms with E-state index in [1.54, 1.807) is 0 Å². The molecule has 0 aromatic carbocycles. The van der Waals surface area contributed by atoms with Gasteiger partial charge in [-0.15, -0.1) is 0 Å². The molecule has 0 aromatic rings. The van der Waals surface area contributed by atoms with Crippen LogP contribution in [0.2, 0.25) is 0 Å². The Morgan fingerprint density at radius 1 is 1.13 bits per heavy atom. The number of fused-ring (bicyclic) bond motifs is 2. The van der Waals surface area contributed by atoms with E-state index >= 15 is 0 Å².